The van der Waals surface area contributed by atoms with Crippen molar-refractivity contribution in [1.82, 2.24) is 14.6 Å². The maximum Gasteiger partial charge on any atom is 0.177 e. The molecule has 1 aliphatic rings. The summed E-state index contributed by atoms with van der Waals surface area (Å²) in [5, 5.41) is 21.1. The number of halogens is 2. The Morgan fingerprint density at radius 3 is 2.10 bits per heavy atom. The van der Waals surface area contributed by atoms with Crippen molar-refractivity contribution >= 4 is 22.9 Å². The molecule has 7 rings (SSSR count). The van der Waals surface area contributed by atoms with Crippen LogP contribution in [0.4, 0.5) is 10.1 Å². The van der Waals surface area contributed by atoms with Crippen molar-refractivity contribution in [3.05, 3.63) is 166 Å². The molecule has 1 saturated carbocycles. The van der Waals surface area contributed by atoms with E-state index < -0.39 is 23.9 Å². The Kier molecular flexibility index (Phi) is 10.7. The van der Waals surface area contributed by atoms with Gasteiger partial charge < -0.3 is 24.6 Å². The summed E-state index contributed by atoms with van der Waals surface area (Å²) in [4.78, 5) is 4.71. The van der Waals surface area contributed by atoms with Crippen LogP contribution in [0.5, 0.6) is 0 Å². The highest BCUT2D eigenvalue weighted by atomic mass is 35.5. The lowest BCUT2D eigenvalue weighted by atomic mass is 9.94. The lowest BCUT2D eigenvalue weighted by Crippen LogP contribution is -2.44. The zero-order valence-electron chi connectivity index (χ0n) is 28.2. The maximum atomic E-state index is 14.7. The summed E-state index contributed by atoms with van der Waals surface area (Å²) >= 11 is 6.61. The number of nitrogens with zero attached hydrogens (tertiary/aromatic N) is 3. The van der Waals surface area contributed by atoms with Gasteiger partial charge in [0.2, 0.25) is 0 Å². The molecule has 1 aliphatic carbocycles. The minimum atomic E-state index is -1.61. The molecule has 2 N–H and O–H groups in total. The van der Waals surface area contributed by atoms with E-state index in [0.717, 1.165) is 16.7 Å². The largest absolute Gasteiger partial charge is 0.381 e. The van der Waals surface area contributed by atoms with Crippen LogP contribution in [-0.2, 0) is 39.6 Å². The minimum absolute atomic E-state index is 0.174. The van der Waals surface area contributed by atoms with Crippen molar-refractivity contribution in [2.45, 2.75) is 57.0 Å². The summed E-state index contributed by atoms with van der Waals surface area (Å²) in [5.74, 6) is -0.579. The number of nitrogens with one attached hydrogen (secondary N) is 1. The third-order valence-corrected chi connectivity index (χ3v) is 9.62. The van der Waals surface area contributed by atoms with Crippen molar-refractivity contribution in [2.24, 2.45) is 5.92 Å². The highest BCUT2D eigenvalue weighted by Gasteiger charge is 2.57. The van der Waals surface area contributed by atoms with Gasteiger partial charge in [-0.1, -0.05) is 121 Å². The molecule has 2 aromatic heterocycles. The van der Waals surface area contributed by atoms with Crippen molar-refractivity contribution < 1.29 is 23.7 Å². The van der Waals surface area contributed by atoms with Gasteiger partial charge in [0.05, 0.1) is 56.2 Å². The molecular formula is C41H40ClFN4O4. The molecule has 0 bridgehead atoms. The first-order chi connectivity index (χ1) is 24.9. The Bertz CT molecular complexity index is 2030. The Balaban J connectivity index is 1.25. The molecule has 8 nitrogen and oxygen atoms in total. The van der Waals surface area contributed by atoms with E-state index in [1.807, 2.05) is 97.9 Å². The second kappa shape index (κ2) is 15.7. The molecular weight excluding hydrogens is 667 g/mol. The van der Waals surface area contributed by atoms with Crippen molar-refractivity contribution in [3.63, 3.8) is 0 Å². The fourth-order valence-electron chi connectivity index (χ4n) is 6.92. The first kappa shape index (κ1) is 34.8. The van der Waals surface area contributed by atoms with Gasteiger partial charge in [0.15, 0.2) is 10.8 Å². The highest BCUT2D eigenvalue weighted by molar-refractivity contribution is 6.29. The molecule has 0 saturated heterocycles. The number of fused-ring (bicyclic) bond motifs is 1. The molecule has 4 aromatic carbocycles. The van der Waals surface area contributed by atoms with Gasteiger partial charge in [-0.25, -0.2) is 13.9 Å². The van der Waals surface area contributed by atoms with E-state index in [9.17, 15) is 9.50 Å². The van der Waals surface area contributed by atoms with Crippen LogP contribution in [0.2, 0.25) is 5.15 Å². The fraction of sp³-hybridized carbons (Fsp3) is 0.268. The highest BCUT2D eigenvalue weighted by Crippen LogP contribution is 2.47. The maximum absolute atomic E-state index is 14.7. The Morgan fingerprint density at radius 1 is 0.863 bits per heavy atom. The third-order valence-electron chi connectivity index (χ3n) is 9.43. The van der Waals surface area contributed by atoms with E-state index in [1.54, 1.807) is 35.0 Å². The predicted molar refractivity (Wildman–Crippen MR) is 195 cm³/mol. The summed E-state index contributed by atoms with van der Waals surface area (Å²) in [6, 6.07) is 37.6. The van der Waals surface area contributed by atoms with E-state index >= 15 is 0 Å². The number of rotatable bonds is 14. The Hall–Kier alpha value is -4.64. The summed E-state index contributed by atoms with van der Waals surface area (Å²) < 4.78 is 35.9. The number of ether oxygens (including phenoxy) is 3. The number of aliphatic hydroxyl groups is 1. The van der Waals surface area contributed by atoms with Gasteiger partial charge in [0.1, 0.15) is 17.5 Å². The zero-order chi connectivity index (χ0) is 35.2. The molecule has 1 fully saturated rings. The Morgan fingerprint density at radius 2 is 1.45 bits per heavy atom. The summed E-state index contributed by atoms with van der Waals surface area (Å²) in [6.45, 7) is 3.16. The van der Waals surface area contributed by atoms with Gasteiger partial charge in [-0.15, -0.1) is 0 Å². The zero-order valence-corrected chi connectivity index (χ0v) is 29.0. The number of hydrogen-bond acceptors (Lipinski definition) is 7. The van der Waals surface area contributed by atoms with Crippen molar-refractivity contribution in [3.8, 4) is 0 Å². The Labute approximate surface area is 301 Å². The van der Waals surface area contributed by atoms with E-state index in [2.05, 4.69) is 10.4 Å². The molecule has 2 heterocycles. The van der Waals surface area contributed by atoms with Crippen LogP contribution in [-0.4, -0.2) is 38.5 Å². The number of hydrogen-bond donors (Lipinski definition) is 2. The third kappa shape index (κ3) is 7.83. The first-order valence-corrected chi connectivity index (χ1v) is 17.5. The SMILES string of the molecule is C[C@H](Nc1cc(Cl)nn2c(C3(O)C[C@H](COCc4ccccc4)[C@@H](OCc4ccccc4)[C@H]3OCc3ccccc3)cnc12)c1ccccc1F. The quantitative estimate of drug-likeness (QED) is 0.118. The van der Waals surface area contributed by atoms with Crippen molar-refractivity contribution in [2.75, 3.05) is 11.9 Å². The van der Waals surface area contributed by atoms with Crippen LogP contribution >= 0.6 is 11.6 Å². The van der Waals surface area contributed by atoms with E-state index in [1.165, 1.54) is 6.07 Å². The van der Waals surface area contributed by atoms with Crippen LogP contribution in [0.25, 0.3) is 5.65 Å². The standard InChI is InChI=1S/C41H40ClFN4O4/c1-28(33-19-11-12-20-34(33)43)45-35-21-37(42)46-47-36(23-44-40(35)47)41(48)22-32(27-49-24-29-13-5-2-6-14-29)38(50-25-30-15-7-3-8-16-30)39(41)51-26-31-17-9-4-10-18-31/h2-21,23,28,32,38-39,45,48H,22,24-27H2,1H3/t28-,32+,38+,39+,41?/m0/s1. The smallest absolute Gasteiger partial charge is 0.177 e. The molecule has 0 spiro atoms. The van der Waals surface area contributed by atoms with Crippen LogP contribution < -0.4 is 5.32 Å². The van der Waals surface area contributed by atoms with E-state index in [4.69, 9.17) is 30.8 Å². The van der Waals surface area contributed by atoms with Crippen molar-refractivity contribution in [1.29, 1.82) is 0 Å². The average molecular weight is 707 g/mol. The number of imidazole rings is 1. The number of benzene rings is 4. The number of anilines is 1. The summed E-state index contributed by atoms with van der Waals surface area (Å²) in [7, 11) is 0. The summed E-state index contributed by atoms with van der Waals surface area (Å²) in [5.41, 5.74) is 3.27. The molecule has 1 unspecified atom stereocenters. The fourth-order valence-corrected chi connectivity index (χ4v) is 7.10. The van der Waals surface area contributed by atoms with Crippen LogP contribution in [0.1, 0.15) is 47.3 Å². The second-order valence-corrected chi connectivity index (χ2v) is 13.4. The van der Waals surface area contributed by atoms with Gasteiger partial charge in [0.25, 0.3) is 0 Å². The normalized spacial score (nSPS) is 20.8. The topological polar surface area (TPSA) is 90.1 Å². The molecule has 0 amide bonds. The van der Waals surface area contributed by atoms with Crippen LogP contribution in [0, 0.1) is 11.7 Å². The van der Waals surface area contributed by atoms with Gasteiger partial charge in [0, 0.05) is 17.5 Å². The average Bonchev–Trinajstić information content (AvgIpc) is 3.70. The second-order valence-electron chi connectivity index (χ2n) is 13.0. The van der Waals surface area contributed by atoms with Gasteiger partial charge in [-0.05, 0) is 36.1 Å². The number of aromatic nitrogens is 3. The van der Waals surface area contributed by atoms with Crippen LogP contribution in [0.15, 0.2) is 128 Å². The first-order valence-electron chi connectivity index (χ1n) is 17.1. The van der Waals surface area contributed by atoms with Gasteiger partial charge in [-0.2, -0.15) is 5.10 Å². The molecule has 51 heavy (non-hydrogen) atoms. The molecule has 262 valence electrons. The monoisotopic (exact) mass is 706 g/mol. The molecule has 6 aromatic rings. The predicted octanol–water partition coefficient (Wildman–Crippen LogP) is 8.29. The summed E-state index contributed by atoms with van der Waals surface area (Å²) in [6.07, 6.45) is 0.467. The van der Waals surface area contributed by atoms with Gasteiger partial charge >= 0.3 is 0 Å². The van der Waals surface area contributed by atoms with E-state index in [0.29, 0.717) is 42.4 Å². The molecule has 5 atom stereocenters. The lowest BCUT2D eigenvalue weighted by molar-refractivity contribution is -0.154. The molecule has 0 radical (unpaired) electrons. The van der Waals surface area contributed by atoms with Gasteiger partial charge in [-0.3, -0.25) is 0 Å². The molecule has 10 heteroatoms. The minimum Gasteiger partial charge on any atom is -0.381 e. The lowest BCUT2D eigenvalue weighted by Gasteiger charge is -2.32. The van der Waals surface area contributed by atoms with E-state index in [-0.39, 0.29) is 29.9 Å². The van der Waals surface area contributed by atoms with Crippen LogP contribution in [0.3, 0.4) is 0 Å². The molecule has 0 aliphatic heterocycles.